The van der Waals surface area contributed by atoms with Crippen molar-refractivity contribution in [3.05, 3.63) is 66.6 Å². The third kappa shape index (κ3) is 3.63. The van der Waals surface area contributed by atoms with Crippen molar-refractivity contribution in [3.63, 3.8) is 0 Å². The van der Waals surface area contributed by atoms with Crippen molar-refractivity contribution in [3.8, 4) is 0 Å². The number of rotatable bonds is 6. The molecule has 5 heteroatoms. The van der Waals surface area contributed by atoms with Gasteiger partial charge in [0.05, 0.1) is 6.10 Å². The monoisotopic (exact) mass is 349 g/mol. The lowest BCUT2D eigenvalue weighted by Gasteiger charge is -2.38. The molecular weight excluding hydrogens is 326 g/mol. The average Bonchev–Trinajstić information content (AvgIpc) is 3.02. The van der Waals surface area contributed by atoms with Gasteiger partial charge in [-0.05, 0) is 60.4 Å². The SMILES string of the molecule is O=C(Cn1ccc2ccccc21)N[C@H](Cc1ccncc1)C1CC(O)C1. The van der Waals surface area contributed by atoms with E-state index in [1.165, 1.54) is 0 Å². The third-order valence-corrected chi connectivity index (χ3v) is 5.26. The summed E-state index contributed by atoms with van der Waals surface area (Å²) in [4.78, 5) is 16.7. The van der Waals surface area contributed by atoms with Crippen LogP contribution in [0.1, 0.15) is 18.4 Å². The predicted octanol–water partition coefficient (Wildman–Crippen LogP) is 2.53. The molecule has 3 aromatic rings. The zero-order valence-electron chi connectivity index (χ0n) is 14.6. The summed E-state index contributed by atoms with van der Waals surface area (Å²) in [6, 6.07) is 14.1. The zero-order chi connectivity index (χ0) is 17.9. The van der Waals surface area contributed by atoms with E-state index in [4.69, 9.17) is 0 Å². The Bertz CT molecular complexity index is 884. The van der Waals surface area contributed by atoms with Gasteiger partial charge in [0.15, 0.2) is 0 Å². The largest absolute Gasteiger partial charge is 0.393 e. The maximum atomic E-state index is 12.7. The number of nitrogens with zero attached hydrogens (tertiary/aromatic N) is 2. The van der Waals surface area contributed by atoms with Crippen LogP contribution < -0.4 is 5.32 Å². The van der Waals surface area contributed by atoms with Gasteiger partial charge >= 0.3 is 0 Å². The molecular formula is C21H23N3O2. The Morgan fingerprint density at radius 2 is 1.96 bits per heavy atom. The lowest BCUT2D eigenvalue weighted by atomic mass is 9.75. The smallest absolute Gasteiger partial charge is 0.240 e. The van der Waals surface area contributed by atoms with Crippen molar-refractivity contribution < 1.29 is 9.90 Å². The van der Waals surface area contributed by atoms with Gasteiger partial charge in [-0.25, -0.2) is 0 Å². The van der Waals surface area contributed by atoms with Gasteiger partial charge in [-0.15, -0.1) is 0 Å². The van der Waals surface area contributed by atoms with E-state index < -0.39 is 0 Å². The lowest BCUT2D eigenvalue weighted by molar-refractivity contribution is -0.123. The molecule has 2 aromatic heterocycles. The number of aliphatic hydroxyl groups excluding tert-OH is 1. The van der Waals surface area contributed by atoms with Crippen LogP contribution in [0.3, 0.4) is 0 Å². The van der Waals surface area contributed by atoms with E-state index in [9.17, 15) is 9.90 Å². The number of amides is 1. The van der Waals surface area contributed by atoms with Gasteiger partial charge in [-0.3, -0.25) is 9.78 Å². The normalized spacial score (nSPS) is 20.5. The van der Waals surface area contributed by atoms with Crippen LogP contribution in [0.4, 0.5) is 0 Å². The molecule has 0 radical (unpaired) electrons. The fraction of sp³-hybridized carbons (Fsp3) is 0.333. The second-order valence-electron chi connectivity index (χ2n) is 7.12. The summed E-state index contributed by atoms with van der Waals surface area (Å²) in [5, 5.41) is 14.0. The molecule has 1 saturated carbocycles. The van der Waals surface area contributed by atoms with Crippen molar-refractivity contribution in [2.45, 2.75) is 38.0 Å². The highest BCUT2D eigenvalue weighted by Crippen LogP contribution is 2.31. The minimum absolute atomic E-state index is 0.00630. The number of aliphatic hydroxyl groups is 1. The van der Waals surface area contributed by atoms with Crippen LogP contribution in [-0.4, -0.2) is 32.7 Å². The standard InChI is InChI=1S/C21H23N3O2/c25-18-12-17(13-18)19(11-15-5-8-22-9-6-15)23-21(26)14-24-10-7-16-3-1-2-4-20(16)24/h1-10,17-19,25H,11-14H2,(H,23,26)/t17?,18?,19-/m1/s1. The number of nitrogens with one attached hydrogen (secondary N) is 1. The molecule has 4 rings (SSSR count). The molecule has 1 aliphatic rings. The van der Waals surface area contributed by atoms with E-state index in [1.807, 2.05) is 53.2 Å². The first-order valence-corrected chi connectivity index (χ1v) is 9.09. The number of para-hydroxylation sites is 1. The van der Waals surface area contributed by atoms with Gasteiger partial charge in [0.2, 0.25) is 5.91 Å². The average molecular weight is 349 g/mol. The molecule has 0 aliphatic heterocycles. The number of fused-ring (bicyclic) bond motifs is 1. The highest BCUT2D eigenvalue weighted by molar-refractivity contribution is 5.83. The van der Waals surface area contributed by atoms with Crippen molar-refractivity contribution >= 4 is 16.8 Å². The number of carbonyl (C=O) groups excluding carboxylic acids is 1. The van der Waals surface area contributed by atoms with Crippen LogP contribution in [0.5, 0.6) is 0 Å². The minimum atomic E-state index is -0.231. The number of hydrogen-bond donors (Lipinski definition) is 2. The molecule has 5 nitrogen and oxygen atoms in total. The van der Waals surface area contributed by atoms with Crippen molar-refractivity contribution in [1.29, 1.82) is 0 Å². The molecule has 0 spiro atoms. The van der Waals surface area contributed by atoms with Crippen LogP contribution in [0, 0.1) is 5.92 Å². The van der Waals surface area contributed by atoms with Crippen LogP contribution in [0.2, 0.25) is 0 Å². The van der Waals surface area contributed by atoms with Crippen molar-refractivity contribution in [2.24, 2.45) is 5.92 Å². The molecule has 134 valence electrons. The molecule has 1 fully saturated rings. The Kier molecular flexibility index (Phi) is 4.71. The van der Waals surface area contributed by atoms with Gasteiger partial charge in [-0.2, -0.15) is 0 Å². The highest BCUT2D eigenvalue weighted by atomic mass is 16.3. The van der Waals surface area contributed by atoms with Crippen LogP contribution >= 0.6 is 0 Å². The first-order valence-electron chi connectivity index (χ1n) is 9.09. The highest BCUT2D eigenvalue weighted by Gasteiger charge is 2.34. The number of carbonyl (C=O) groups is 1. The first-order chi connectivity index (χ1) is 12.7. The first kappa shape index (κ1) is 16.8. The Hall–Kier alpha value is -2.66. The lowest BCUT2D eigenvalue weighted by Crippen LogP contribution is -2.49. The molecule has 1 atom stereocenters. The number of pyridine rings is 1. The summed E-state index contributed by atoms with van der Waals surface area (Å²) < 4.78 is 1.98. The molecule has 0 saturated heterocycles. The molecule has 1 aromatic carbocycles. The molecule has 0 unspecified atom stereocenters. The summed E-state index contributed by atoms with van der Waals surface area (Å²) >= 11 is 0. The Morgan fingerprint density at radius 3 is 2.73 bits per heavy atom. The van der Waals surface area contributed by atoms with Gasteiger partial charge in [0.25, 0.3) is 0 Å². The zero-order valence-corrected chi connectivity index (χ0v) is 14.6. The quantitative estimate of drug-likeness (QED) is 0.719. The summed E-state index contributed by atoms with van der Waals surface area (Å²) in [6.07, 6.45) is 7.54. The van der Waals surface area contributed by atoms with Gasteiger partial charge in [0, 0.05) is 30.1 Å². The van der Waals surface area contributed by atoms with E-state index in [0.717, 1.165) is 35.7 Å². The second-order valence-corrected chi connectivity index (χ2v) is 7.12. The third-order valence-electron chi connectivity index (χ3n) is 5.26. The molecule has 1 amide bonds. The van der Waals surface area contributed by atoms with Crippen molar-refractivity contribution in [2.75, 3.05) is 0 Å². The number of hydrogen-bond acceptors (Lipinski definition) is 3. The van der Waals surface area contributed by atoms with Gasteiger partial charge in [-0.1, -0.05) is 18.2 Å². The molecule has 2 heterocycles. The number of aromatic nitrogens is 2. The van der Waals surface area contributed by atoms with Crippen LogP contribution in [0.25, 0.3) is 10.9 Å². The van der Waals surface area contributed by atoms with E-state index >= 15 is 0 Å². The van der Waals surface area contributed by atoms with Gasteiger partial charge in [0.1, 0.15) is 6.54 Å². The van der Waals surface area contributed by atoms with Gasteiger partial charge < -0.3 is 15.0 Å². The van der Waals surface area contributed by atoms with E-state index in [0.29, 0.717) is 12.5 Å². The van der Waals surface area contributed by atoms with E-state index in [2.05, 4.69) is 10.3 Å². The van der Waals surface area contributed by atoms with Crippen LogP contribution in [0.15, 0.2) is 61.1 Å². The maximum absolute atomic E-state index is 12.7. The maximum Gasteiger partial charge on any atom is 0.240 e. The second kappa shape index (κ2) is 7.30. The topological polar surface area (TPSA) is 67.2 Å². The summed E-state index contributed by atoms with van der Waals surface area (Å²) in [6.45, 7) is 0.301. The predicted molar refractivity (Wildman–Crippen MR) is 101 cm³/mol. The number of benzene rings is 1. The fourth-order valence-electron chi connectivity index (χ4n) is 3.75. The Balaban J connectivity index is 1.45. The summed E-state index contributed by atoms with van der Waals surface area (Å²) in [5.41, 5.74) is 2.21. The molecule has 0 bridgehead atoms. The molecule has 26 heavy (non-hydrogen) atoms. The summed E-state index contributed by atoms with van der Waals surface area (Å²) in [5.74, 6) is 0.329. The Morgan fingerprint density at radius 1 is 1.19 bits per heavy atom. The van der Waals surface area contributed by atoms with E-state index in [-0.39, 0.29) is 18.1 Å². The molecule has 1 aliphatic carbocycles. The van der Waals surface area contributed by atoms with Crippen molar-refractivity contribution in [1.82, 2.24) is 14.9 Å². The minimum Gasteiger partial charge on any atom is -0.393 e. The Labute approximate surface area is 152 Å². The van der Waals surface area contributed by atoms with E-state index in [1.54, 1.807) is 12.4 Å². The summed E-state index contributed by atoms with van der Waals surface area (Å²) in [7, 11) is 0. The molecule has 2 N–H and O–H groups in total. The fourth-order valence-corrected chi connectivity index (χ4v) is 3.75. The van der Waals surface area contributed by atoms with Crippen LogP contribution in [-0.2, 0) is 17.8 Å².